The van der Waals surface area contributed by atoms with Gasteiger partial charge in [0.15, 0.2) is 0 Å². The number of carbonyl (C=O) groups excluding carboxylic acids is 1. The van der Waals surface area contributed by atoms with Gasteiger partial charge in [0, 0.05) is 19.6 Å². The van der Waals surface area contributed by atoms with Gasteiger partial charge in [-0.25, -0.2) is 0 Å². The van der Waals surface area contributed by atoms with Crippen LogP contribution in [0.5, 0.6) is 0 Å². The van der Waals surface area contributed by atoms with Crippen LogP contribution in [0.1, 0.15) is 19.8 Å². The minimum Gasteiger partial charge on any atom is -0.387 e. The summed E-state index contributed by atoms with van der Waals surface area (Å²) >= 11 is 0. The molecule has 17 heavy (non-hydrogen) atoms. The largest absolute Gasteiger partial charge is 0.387 e. The SMILES string of the molecule is CN(C)CC(C)(O)CNC(=O)[C@@H]1CCCNC1. The topological polar surface area (TPSA) is 64.6 Å². The molecular formula is C12H25N3O2. The molecule has 0 spiro atoms. The normalized spacial score (nSPS) is 24.4. The number of likely N-dealkylation sites (N-methyl/N-ethyl adjacent to an activating group) is 1. The lowest BCUT2D eigenvalue weighted by Gasteiger charge is -2.29. The maximum atomic E-state index is 11.9. The molecule has 1 fully saturated rings. The zero-order chi connectivity index (χ0) is 12.9. The molecule has 0 saturated carbocycles. The molecule has 0 radical (unpaired) electrons. The Balaban J connectivity index is 2.31. The van der Waals surface area contributed by atoms with E-state index in [0.717, 1.165) is 25.9 Å². The molecule has 5 heteroatoms. The van der Waals surface area contributed by atoms with Gasteiger partial charge in [0.1, 0.15) is 0 Å². The van der Waals surface area contributed by atoms with E-state index in [2.05, 4.69) is 10.6 Å². The van der Waals surface area contributed by atoms with E-state index >= 15 is 0 Å². The van der Waals surface area contributed by atoms with Crippen LogP contribution in [-0.4, -0.2) is 61.8 Å². The predicted octanol–water partition coefficient (Wildman–Crippen LogP) is -0.585. The number of rotatable bonds is 5. The van der Waals surface area contributed by atoms with Crippen molar-refractivity contribution < 1.29 is 9.90 Å². The zero-order valence-electron chi connectivity index (χ0n) is 11.1. The second-order valence-electron chi connectivity index (χ2n) is 5.50. The summed E-state index contributed by atoms with van der Waals surface area (Å²) in [5.41, 5.74) is -0.874. The molecule has 1 aliphatic heterocycles. The van der Waals surface area contributed by atoms with E-state index in [4.69, 9.17) is 0 Å². The van der Waals surface area contributed by atoms with Crippen LogP contribution in [0.15, 0.2) is 0 Å². The highest BCUT2D eigenvalue weighted by Crippen LogP contribution is 2.10. The third kappa shape index (κ3) is 5.48. The van der Waals surface area contributed by atoms with Gasteiger partial charge in [-0.3, -0.25) is 4.79 Å². The Morgan fingerprint density at radius 3 is 2.82 bits per heavy atom. The van der Waals surface area contributed by atoms with E-state index in [1.807, 2.05) is 19.0 Å². The molecule has 0 aliphatic carbocycles. The van der Waals surface area contributed by atoms with Crippen LogP contribution in [0, 0.1) is 5.92 Å². The van der Waals surface area contributed by atoms with Crippen molar-refractivity contribution in [1.29, 1.82) is 0 Å². The second-order valence-corrected chi connectivity index (χ2v) is 5.50. The maximum Gasteiger partial charge on any atom is 0.224 e. The van der Waals surface area contributed by atoms with Crippen molar-refractivity contribution in [2.45, 2.75) is 25.4 Å². The fourth-order valence-corrected chi connectivity index (χ4v) is 2.23. The van der Waals surface area contributed by atoms with Crippen molar-refractivity contribution in [3.8, 4) is 0 Å². The Bertz CT molecular complexity index is 248. The number of amides is 1. The van der Waals surface area contributed by atoms with E-state index in [1.165, 1.54) is 0 Å². The summed E-state index contributed by atoms with van der Waals surface area (Å²) in [5, 5.41) is 16.1. The average Bonchev–Trinajstić information content (AvgIpc) is 2.25. The lowest BCUT2D eigenvalue weighted by Crippen LogP contribution is -2.49. The van der Waals surface area contributed by atoms with Gasteiger partial charge in [-0.1, -0.05) is 0 Å². The Morgan fingerprint density at radius 2 is 2.29 bits per heavy atom. The third-order valence-corrected chi connectivity index (χ3v) is 2.97. The third-order valence-electron chi connectivity index (χ3n) is 2.97. The first-order chi connectivity index (χ1) is 7.91. The molecule has 1 aliphatic rings. The Kier molecular flexibility index (Phi) is 5.36. The highest BCUT2D eigenvalue weighted by Gasteiger charge is 2.25. The van der Waals surface area contributed by atoms with Gasteiger partial charge in [0.25, 0.3) is 0 Å². The number of nitrogens with zero attached hydrogens (tertiary/aromatic N) is 1. The second kappa shape index (κ2) is 6.33. The molecule has 1 heterocycles. The molecular weight excluding hydrogens is 218 g/mol. The summed E-state index contributed by atoms with van der Waals surface area (Å²) in [6, 6.07) is 0. The number of nitrogens with one attached hydrogen (secondary N) is 2. The summed E-state index contributed by atoms with van der Waals surface area (Å²) in [5.74, 6) is 0.107. The highest BCUT2D eigenvalue weighted by atomic mass is 16.3. The van der Waals surface area contributed by atoms with Crippen LogP contribution in [0.4, 0.5) is 0 Å². The molecule has 1 saturated heterocycles. The van der Waals surface area contributed by atoms with Crippen molar-refractivity contribution in [3.05, 3.63) is 0 Å². The van der Waals surface area contributed by atoms with Crippen molar-refractivity contribution >= 4 is 5.91 Å². The number of piperidine rings is 1. The molecule has 2 atom stereocenters. The van der Waals surface area contributed by atoms with Gasteiger partial charge in [-0.05, 0) is 40.4 Å². The van der Waals surface area contributed by atoms with Crippen molar-refractivity contribution in [1.82, 2.24) is 15.5 Å². The van der Waals surface area contributed by atoms with Gasteiger partial charge in [-0.15, -0.1) is 0 Å². The molecule has 3 N–H and O–H groups in total. The maximum absolute atomic E-state index is 11.9. The smallest absolute Gasteiger partial charge is 0.224 e. The van der Waals surface area contributed by atoms with Crippen LogP contribution in [0.3, 0.4) is 0 Å². The van der Waals surface area contributed by atoms with Gasteiger partial charge in [-0.2, -0.15) is 0 Å². The van der Waals surface area contributed by atoms with Gasteiger partial charge in [0.05, 0.1) is 11.5 Å². The standard InChI is InChI=1S/C12H25N3O2/c1-12(17,9-15(2)3)8-14-11(16)10-5-4-6-13-7-10/h10,13,17H,4-9H2,1-3H3,(H,14,16)/t10-,12?/m1/s1. The molecule has 5 nitrogen and oxygen atoms in total. The molecule has 0 bridgehead atoms. The first-order valence-corrected chi connectivity index (χ1v) is 6.26. The van der Waals surface area contributed by atoms with Crippen LogP contribution >= 0.6 is 0 Å². The van der Waals surface area contributed by atoms with Crippen LogP contribution in [0.2, 0.25) is 0 Å². The molecule has 1 unspecified atom stereocenters. The van der Waals surface area contributed by atoms with Gasteiger partial charge in [0.2, 0.25) is 5.91 Å². The Labute approximate surface area is 104 Å². The Morgan fingerprint density at radius 1 is 1.59 bits per heavy atom. The van der Waals surface area contributed by atoms with E-state index in [0.29, 0.717) is 13.1 Å². The monoisotopic (exact) mass is 243 g/mol. The molecule has 0 aromatic carbocycles. The quantitative estimate of drug-likeness (QED) is 0.604. The average molecular weight is 243 g/mol. The highest BCUT2D eigenvalue weighted by molar-refractivity contribution is 5.79. The molecule has 0 aromatic rings. The summed E-state index contributed by atoms with van der Waals surface area (Å²) in [4.78, 5) is 13.8. The molecule has 100 valence electrons. The van der Waals surface area contributed by atoms with Crippen molar-refractivity contribution in [3.63, 3.8) is 0 Å². The van der Waals surface area contributed by atoms with Gasteiger partial charge >= 0.3 is 0 Å². The fraction of sp³-hybridized carbons (Fsp3) is 0.917. The molecule has 1 amide bonds. The lowest BCUT2D eigenvalue weighted by molar-refractivity contribution is -0.126. The molecule has 0 aromatic heterocycles. The summed E-state index contributed by atoms with van der Waals surface area (Å²) in [6.07, 6.45) is 1.99. The van der Waals surface area contributed by atoms with Crippen molar-refractivity contribution in [2.24, 2.45) is 5.92 Å². The lowest BCUT2D eigenvalue weighted by atomic mass is 9.98. The van der Waals surface area contributed by atoms with E-state index in [-0.39, 0.29) is 11.8 Å². The summed E-state index contributed by atoms with van der Waals surface area (Å²) < 4.78 is 0. The molecule has 1 rings (SSSR count). The van der Waals surface area contributed by atoms with E-state index in [9.17, 15) is 9.90 Å². The number of hydrogen-bond acceptors (Lipinski definition) is 4. The Hall–Kier alpha value is -0.650. The van der Waals surface area contributed by atoms with E-state index < -0.39 is 5.60 Å². The van der Waals surface area contributed by atoms with Crippen LogP contribution < -0.4 is 10.6 Å². The number of hydrogen-bond donors (Lipinski definition) is 3. The van der Waals surface area contributed by atoms with Crippen LogP contribution in [0.25, 0.3) is 0 Å². The van der Waals surface area contributed by atoms with Crippen LogP contribution in [-0.2, 0) is 4.79 Å². The van der Waals surface area contributed by atoms with E-state index in [1.54, 1.807) is 6.92 Å². The zero-order valence-corrected chi connectivity index (χ0v) is 11.1. The fourth-order valence-electron chi connectivity index (χ4n) is 2.23. The van der Waals surface area contributed by atoms with Gasteiger partial charge < -0.3 is 20.6 Å². The number of carbonyl (C=O) groups is 1. The number of aliphatic hydroxyl groups is 1. The minimum atomic E-state index is -0.874. The summed E-state index contributed by atoms with van der Waals surface area (Å²) in [7, 11) is 3.81. The van der Waals surface area contributed by atoms with Crippen molar-refractivity contribution in [2.75, 3.05) is 40.3 Å². The minimum absolute atomic E-state index is 0.0521. The first-order valence-electron chi connectivity index (χ1n) is 6.26. The predicted molar refractivity (Wildman–Crippen MR) is 67.8 cm³/mol. The first kappa shape index (κ1) is 14.4. The summed E-state index contributed by atoms with van der Waals surface area (Å²) in [6.45, 7) is 4.34.